The van der Waals surface area contributed by atoms with Crippen molar-refractivity contribution in [1.29, 1.82) is 0 Å². The first-order valence-electron chi connectivity index (χ1n) is 5.96. The van der Waals surface area contributed by atoms with Crippen molar-refractivity contribution in [3.05, 3.63) is 66.8 Å². The number of rotatable bonds is 5. The number of hydrogen-bond acceptors (Lipinski definition) is 3. The second-order valence-corrected chi connectivity index (χ2v) is 4.97. The van der Waals surface area contributed by atoms with Crippen LogP contribution < -0.4 is 5.32 Å². The van der Waals surface area contributed by atoms with Crippen molar-refractivity contribution >= 4 is 23.4 Å². The maximum Gasteiger partial charge on any atom is 0.258 e. The van der Waals surface area contributed by atoms with E-state index in [1.54, 1.807) is 23.9 Å². The van der Waals surface area contributed by atoms with Gasteiger partial charge in [0.2, 0.25) is 0 Å². The number of thioether (sulfide) groups is 1. The van der Waals surface area contributed by atoms with Crippen LogP contribution in [0.3, 0.4) is 0 Å². The Hall–Kier alpha value is -2.14. The van der Waals surface area contributed by atoms with Crippen LogP contribution in [0, 0.1) is 5.82 Å². The summed E-state index contributed by atoms with van der Waals surface area (Å²) in [6.45, 7) is 3.66. The number of para-hydroxylation sites is 1. The lowest BCUT2D eigenvalue weighted by atomic mass is 10.2. The van der Waals surface area contributed by atoms with Crippen LogP contribution in [0.5, 0.6) is 0 Å². The van der Waals surface area contributed by atoms with Crippen LogP contribution in [0.2, 0.25) is 0 Å². The number of halogens is 1. The van der Waals surface area contributed by atoms with Crippen LogP contribution in [0.15, 0.2) is 60.3 Å². The standard InChI is InChI=1S/C15H13FN2OS/c1-2-9-20-14-6-4-3-5-13(14)18-15(19)11-7-8-17-10-12(11)16/h2-8,10H,1,9H2,(H,18,19). The van der Waals surface area contributed by atoms with Crippen molar-refractivity contribution in [1.82, 2.24) is 4.98 Å². The van der Waals surface area contributed by atoms with Crippen LogP contribution in [0.1, 0.15) is 10.4 Å². The van der Waals surface area contributed by atoms with Gasteiger partial charge in [-0.05, 0) is 18.2 Å². The molecular weight excluding hydrogens is 275 g/mol. The highest BCUT2D eigenvalue weighted by atomic mass is 32.2. The average molecular weight is 288 g/mol. The lowest BCUT2D eigenvalue weighted by Gasteiger charge is -2.10. The van der Waals surface area contributed by atoms with Gasteiger partial charge in [0.1, 0.15) is 0 Å². The van der Waals surface area contributed by atoms with E-state index >= 15 is 0 Å². The van der Waals surface area contributed by atoms with Crippen LogP contribution in [0.25, 0.3) is 0 Å². The topological polar surface area (TPSA) is 42.0 Å². The smallest absolute Gasteiger partial charge is 0.258 e. The Morgan fingerprint density at radius 2 is 2.20 bits per heavy atom. The molecule has 0 aliphatic rings. The third kappa shape index (κ3) is 3.45. The van der Waals surface area contributed by atoms with Gasteiger partial charge in [0.05, 0.1) is 17.4 Å². The Morgan fingerprint density at radius 3 is 2.95 bits per heavy atom. The van der Waals surface area contributed by atoms with Gasteiger partial charge in [-0.1, -0.05) is 18.2 Å². The quantitative estimate of drug-likeness (QED) is 0.673. The first-order chi connectivity index (χ1) is 9.72. The highest BCUT2D eigenvalue weighted by Crippen LogP contribution is 2.27. The maximum absolute atomic E-state index is 13.5. The van der Waals surface area contributed by atoms with Gasteiger partial charge in [-0.2, -0.15) is 0 Å². The largest absolute Gasteiger partial charge is 0.321 e. The van der Waals surface area contributed by atoms with E-state index < -0.39 is 11.7 Å². The second kappa shape index (κ2) is 6.86. The van der Waals surface area contributed by atoms with Crippen LogP contribution >= 0.6 is 11.8 Å². The van der Waals surface area contributed by atoms with E-state index in [2.05, 4.69) is 16.9 Å². The summed E-state index contributed by atoms with van der Waals surface area (Å²) in [6, 6.07) is 8.73. The van der Waals surface area contributed by atoms with E-state index in [-0.39, 0.29) is 5.56 Å². The van der Waals surface area contributed by atoms with Gasteiger partial charge in [0.15, 0.2) is 5.82 Å². The molecular formula is C15H13FN2OS. The third-order valence-electron chi connectivity index (χ3n) is 2.51. The molecule has 1 N–H and O–H groups in total. The van der Waals surface area contributed by atoms with Crippen molar-refractivity contribution in [3.8, 4) is 0 Å². The monoisotopic (exact) mass is 288 g/mol. The molecule has 2 aromatic rings. The lowest BCUT2D eigenvalue weighted by molar-refractivity contribution is 0.102. The van der Waals surface area contributed by atoms with Crippen molar-refractivity contribution in [2.45, 2.75) is 4.90 Å². The number of hydrogen-bond donors (Lipinski definition) is 1. The predicted molar refractivity (Wildman–Crippen MR) is 79.5 cm³/mol. The highest BCUT2D eigenvalue weighted by Gasteiger charge is 2.13. The fraction of sp³-hybridized carbons (Fsp3) is 0.0667. The van der Waals surface area contributed by atoms with E-state index in [9.17, 15) is 9.18 Å². The predicted octanol–water partition coefficient (Wildman–Crippen LogP) is 3.75. The van der Waals surface area contributed by atoms with Crippen molar-refractivity contribution in [3.63, 3.8) is 0 Å². The molecule has 0 bridgehead atoms. The fourth-order valence-electron chi connectivity index (χ4n) is 1.59. The molecule has 0 atom stereocenters. The van der Waals surface area contributed by atoms with Crippen molar-refractivity contribution in [2.75, 3.05) is 11.1 Å². The molecule has 0 saturated carbocycles. The number of amides is 1. The molecule has 1 amide bonds. The van der Waals surface area contributed by atoms with Crippen LogP contribution in [-0.2, 0) is 0 Å². The number of pyridine rings is 1. The van der Waals surface area contributed by atoms with Crippen LogP contribution in [0.4, 0.5) is 10.1 Å². The van der Waals surface area contributed by atoms with E-state index in [0.717, 1.165) is 16.8 Å². The second-order valence-electron chi connectivity index (χ2n) is 3.91. The van der Waals surface area contributed by atoms with Gasteiger partial charge in [-0.15, -0.1) is 18.3 Å². The van der Waals surface area contributed by atoms with E-state index in [0.29, 0.717) is 5.69 Å². The highest BCUT2D eigenvalue weighted by molar-refractivity contribution is 7.99. The minimum absolute atomic E-state index is 0.0245. The molecule has 1 aromatic carbocycles. The Balaban J connectivity index is 2.20. The molecule has 0 saturated heterocycles. The first kappa shape index (κ1) is 14.3. The summed E-state index contributed by atoms with van der Waals surface area (Å²) in [5.41, 5.74) is 0.629. The molecule has 102 valence electrons. The molecule has 2 rings (SSSR count). The van der Waals surface area contributed by atoms with E-state index in [1.165, 1.54) is 12.3 Å². The SMILES string of the molecule is C=CCSc1ccccc1NC(=O)c1ccncc1F. The number of carbonyl (C=O) groups is 1. The molecule has 0 radical (unpaired) electrons. The summed E-state index contributed by atoms with van der Waals surface area (Å²) in [5, 5.41) is 2.71. The molecule has 0 unspecified atom stereocenters. The number of aromatic nitrogens is 1. The Morgan fingerprint density at radius 1 is 1.40 bits per heavy atom. The minimum atomic E-state index is -0.638. The Labute approximate surface area is 120 Å². The van der Waals surface area contributed by atoms with Crippen molar-refractivity contribution in [2.24, 2.45) is 0 Å². The zero-order chi connectivity index (χ0) is 14.4. The zero-order valence-electron chi connectivity index (χ0n) is 10.7. The first-order valence-corrected chi connectivity index (χ1v) is 6.94. The molecule has 1 heterocycles. The van der Waals surface area contributed by atoms with E-state index in [1.807, 2.05) is 18.2 Å². The van der Waals surface area contributed by atoms with Gasteiger partial charge >= 0.3 is 0 Å². The van der Waals surface area contributed by atoms with Gasteiger partial charge < -0.3 is 5.32 Å². The molecule has 0 spiro atoms. The molecule has 3 nitrogen and oxygen atoms in total. The maximum atomic E-state index is 13.5. The molecule has 5 heteroatoms. The molecule has 20 heavy (non-hydrogen) atoms. The fourth-order valence-corrected chi connectivity index (χ4v) is 2.34. The summed E-state index contributed by atoms with van der Waals surface area (Å²) in [5.74, 6) is -0.394. The zero-order valence-corrected chi connectivity index (χ0v) is 11.5. The number of anilines is 1. The molecule has 0 fully saturated rings. The number of nitrogens with one attached hydrogen (secondary N) is 1. The molecule has 0 aliphatic heterocycles. The number of nitrogens with zero attached hydrogens (tertiary/aromatic N) is 1. The summed E-state index contributed by atoms with van der Waals surface area (Å²) >= 11 is 1.55. The average Bonchev–Trinajstić information content (AvgIpc) is 2.46. The normalized spacial score (nSPS) is 10.1. The van der Waals surface area contributed by atoms with Gasteiger partial charge in [-0.3, -0.25) is 9.78 Å². The van der Waals surface area contributed by atoms with E-state index in [4.69, 9.17) is 0 Å². The number of carbonyl (C=O) groups excluding carboxylic acids is 1. The van der Waals surface area contributed by atoms with Gasteiger partial charge in [-0.25, -0.2) is 4.39 Å². The lowest BCUT2D eigenvalue weighted by Crippen LogP contribution is -2.14. The van der Waals surface area contributed by atoms with Gasteiger partial charge in [0, 0.05) is 16.8 Å². The third-order valence-corrected chi connectivity index (χ3v) is 3.58. The van der Waals surface area contributed by atoms with Crippen LogP contribution in [-0.4, -0.2) is 16.6 Å². The summed E-state index contributed by atoms with van der Waals surface area (Å²) < 4.78 is 13.5. The Bertz CT molecular complexity index is 631. The molecule has 1 aromatic heterocycles. The Kier molecular flexibility index (Phi) is 4.90. The summed E-state index contributed by atoms with van der Waals surface area (Å²) in [7, 11) is 0. The summed E-state index contributed by atoms with van der Waals surface area (Å²) in [6.07, 6.45) is 4.19. The summed E-state index contributed by atoms with van der Waals surface area (Å²) in [4.78, 5) is 16.6. The van der Waals surface area contributed by atoms with Gasteiger partial charge in [0.25, 0.3) is 5.91 Å². The van der Waals surface area contributed by atoms with Crippen molar-refractivity contribution < 1.29 is 9.18 Å². The molecule has 0 aliphatic carbocycles. The number of benzene rings is 1. The minimum Gasteiger partial charge on any atom is -0.321 e.